The first kappa shape index (κ1) is 25.7. The van der Waals surface area contributed by atoms with Crippen LogP contribution >= 0.6 is 0 Å². The molecule has 3 aromatic carbocycles. The number of hydrogen-bond donors (Lipinski definition) is 1. The molecule has 1 fully saturated rings. The molecule has 1 saturated carbocycles. The van der Waals surface area contributed by atoms with E-state index >= 15 is 0 Å². The molecule has 4 rings (SSSR count). The molecule has 0 unspecified atom stereocenters. The highest BCUT2D eigenvalue weighted by Gasteiger charge is 2.27. The SMILES string of the molecule is CCOCc1cc(COc2cccc([C@H](CC(=O)O)CC3CC3)c2)ccc1-c1cc(OC)ccc1F. The number of ether oxygens (including phenoxy) is 3. The van der Waals surface area contributed by atoms with E-state index in [1.165, 1.54) is 18.9 Å². The number of rotatable bonds is 13. The molecule has 1 N–H and O–H groups in total. The molecule has 0 saturated heterocycles. The summed E-state index contributed by atoms with van der Waals surface area (Å²) in [4.78, 5) is 11.4. The first-order valence-corrected chi connectivity index (χ1v) is 12.4. The summed E-state index contributed by atoms with van der Waals surface area (Å²) in [6.07, 6.45) is 3.40. The Bertz CT molecular complexity index is 1190. The van der Waals surface area contributed by atoms with E-state index in [0.29, 0.717) is 42.8 Å². The molecule has 1 atom stereocenters. The van der Waals surface area contributed by atoms with E-state index in [1.54, 1.807) is 19.2 Å². The molecule has 5 nitrogen and oxygen atoms in total. The van der Waals surface area contributed by atoms with Crippen LogP contribution in [0.1, 0.15) is 55.2 Å². The van der Waals surface area contributed by atoms with Crippen molar-refractivity contribution in [3.05, 3.63) is 83.2 Å². The highest BCUT2D eigenvalue weighted by molar-refractivity contribution is 5.70. The summed E-state index contributed by atoms with van der Waals surface area (Å²) in [7, 11) is 1.56. The van der Waals surface area contributed by atoms with Gasteiger partial charge < -0.3 is 19.3 Å². The van der Waals surface area contributed by atoms with Gasteiger partial charge in [-0.25, -0.2) is 4.39 Å². The summed E-state index contributed by atoms with van der Waals surface area (Å²) in [5.41, 5.74) is 4.02. The van der Waals surface area contributed by atoms with Gasteiger partial charge in [-0.1, -0.05) is 37.1 Å². The standard InChI is InChI=1S/C30H33FO5/c1-3-35-19-24-14-21(9-11-27(24)28-17-25(34-2)10-12-29(28)31)18-36-26-6-4-5-22(15-26)23(16-30(32)33)13-20-7-8-20/h4-6,9-12,14-15,17,20,23H,3,7-8,13,16,18-19H2,1-2H3,(H,32,33)/t23-/m0/s1. The van der Waals surface area contributed by atoms with Crippen LogP contribution in [0.25, 0.3) is 11.1 Å². The van der Waals surface area contributed by atoms with Crippen molar-refractivity contribution in [2.45, 2.75) is 51.7 Å². The number of carboxylic acids is 1. The lowest BCUT2D eigenvalue weighted by Gasteiger charge is -2.17. The van der Waals surface area contributed by atoms with Gasteiger partial charge in [0.2, 0.25) is 0 Å². The molecular formula is C30H33FO5. The van der Waals surface area contributed by atoms with E-state index in [9.17, 15) is 14.3 Å². The first-order valence-electron chi connectivity index (χ1n) is 12.4. The molecule has 0 heterocycles. The topological polar surface area (TPSA) is 65.0 Å². The number of benzene rings is 3. The molecule has 1 aliphatic rings. The van der Waals surface area contributed by atoms with Gasteiger partial charge >= 0.3 is 5.97 Å². The average Bonchev–Trinajstić information content (AvgIpc) is 3.70. The van der Waals surface area contributed by atoms with E-state index in [2.05, 4.69) is 0 Å². The average molecular weight is 493 g/mol. The number of carbonyl (C=O) groups is 1. The highest BCUT2D eigenvalue weighted by atomic mass is 19.1. The van der Waals surface area contributed by atoms with Gasteiger partial charge in [-0.3, -0.25) is 4.79 Å². The quantitative estimate of drug-likeness (QED) is 0.279. The van der Waals surface area contributed by atoms with Crippen LogP contribution in [0.15, 0.2) is 60.7 Å². The second-order valence-electron chi connectivity index (χ2n) is 9.31. The maximum absolute atomic E-state index is 14.7. The number of hydrogen-bond acceptors (Lipinski definition) is 4. The Morgan fingerprint density at radius 1 is 1.03 bits per heavy atom. The minimum absolute atomic E-state index is 0.00612. The van der Waals surface area contributed by atoms with Crippen molar-refractivity contribution in [3.63, 3.8) is 0 Å². The van der Waals surface area contributed by atoms with Crippen molar-refractivity contribution in [3.8, 4) is 22.6 Å². The Hall–Kier alpha value is -3.38. The Morgan fingerprint density at radius 2 is 1.86 bits per heavy atom. The largest absolute Gasteiger partial charge is 0.497 e. The molecule has 0 aliphatic heterocycles. The molecule has 190 valence electrons. The maximum atomic E-state index is 14.7. The Morgan fingerprint density at radius 3 is 2.58 bits per heavy atom. The Labute approximate surface area is 211 Å². The van der Waals surface area contributed by atoms with Gasteiger partial charge in [-0.05, 0) is 83.8 Å². The summed E-state index contributed by atoms with van der Waals surface area (Å²) in [6.45, 7) is 3.15. The van der Waals surface area contributed by atoms with Gasteiger partial charge in [0.15, 0.2) is 0 Å². The lowest BCUT2D eigenvalue weighted by atomic mass is 9.90. The molecule has 0 amide bonds. The fraction of sp³-hybridized carbons (Fsp3) is 0.367. The fourth-order valence-electron chi connectivity index (χ4n) is 4.50. The minimum Gasteiger partial charge on any atom is -0.497 e. The second-order valence-corrected chi connectivity index (χ2v) is 9.31. The monoisotopic (exact) mass is 492 g/mol. The lowest BCUT2D eigenvalue weighted by Crippen LogP contribution is -2.08. The second kappa shape index (κ2) is 12.0. The summed E-state index contributed by atoms with van der Waals surface area (Å²) >= 11 is 0. The normalized spacial score (nSPS) is 13.9. The van der Waals surface area contributed by atoms with Crippen LogP contribution in [0.2, 0.25) is 0 Å². The number of carboxylic acid groups (broad SMARTS) is 1. The molecule has 36 heavy (non-hydrogen) atoms. The van der Waals surface area contributed by atoms with E-state index in [-0.39, 0.29) is 18.2 Å². The molecule has 3 aromatic rings. The van der Waals surface area contributed by atoms with Crippen molar-refractivity contribution < 1.29 is 28.5 Å². The molecule has 6 heteroatoms. The molecule has 0 radical (unpaired) electrons. The van der Waals surface area contributed by atoms with Crippen molar-refractivity contribution in [1.82, 2.24) is 0 Å². The minimum atomic E-state index is -0.777. The molecule has 1 aliphatic carbocycles. The van der Waals surface area contributed by atoms with Crippen molar-refractivity contribution in [2.75, 3.05) is 13.7 Å². The summed E-state index contributed by atoms with van der Waals surface area (Å²) in [5, 5.41) is 9.37. The van der Waals surface area contributed by atoms with Gasteiger partial charge in [-0.15, -0.1) is 0 Å². The zero-order chi connectivity index (χ0) is 25.5. The van der Waals surface area contributed by atoms with E-state index in [0.717, 1.165) is 28.7 Å². The summed E-state index contributed by atoms with van der Waals surface area (Å²) < 4.78 is 31.7. The molecule has 0 spiro atoms. The van der Waals surface area contributed by atoms with Gasteiger partial charge in [0.1, 0.15) is 23.9 Å². The fourth-order valence-corrected chi connectivity index (χ4v) is 4.50. The predicted octanol–water partition coefficient (Wildman–Crippen LogP) is 6.98. The van der Waals surface area contributed by atoms with Crippen LogP contribution in [-0.4, -0.2) is 24.8 Å². The summed E-state index contributed by atoms with van der Waals surface area (Å²) in [6, 6.07) is 18.2. The zero-order valence-electron chi connectivity index (χ0n) is 20.8. The van der Waals surface area contributed by atoms with Gasteiger partial charge in [-0.2, -0.15) is 0 Å². The smallest absolute Gasteiger partial charge is 0.303 e. The van der Waals surface area contributed by atoms with E-state index in [1.807, 2.05) is 49.4 Å². The third-order valence-electron chi connectivity index (χ3n) is 6.57. The van der Waals surface area contributed by atoms with Gasteiger partial charge in [0.05, 0.1) is 20.1 Å². The zero-order valence-corrected chi connectivity index (χ0v) is 20.8. The maximum Gasteiger partial charge on any atom is 0.303 e. The third kappa shape index (κ3) is 6.85. The first-order chi connectivity index (χ1) is 17.5. The number of methoxy groups -OCH3 is 1. The van der Waals surface area contributed by atoms with Crippen LogP contribution < -0.4 is 9.47 Å². The van der Waals surface area contributed by atoms with Crippen LogP contribution in [0.4, 0.5) is 4.39 Å². The van der Waals surface area contributed by atoms with E-state index < -0.39 is 5.97 Å². The molecule has 0 bridgehead atoms. The summed E-state index contributed by atoms with van der Waals surface area (Å²) in [5.74, 6) is 0.818. The van der Waals surface area contributed by atoms with Gasteiger partial charge in [0, 0.05) is 12.2 Å². The molecular weight excluding hydrogens is 459 g/mol. The van der Waals surface area contributed by atoms with Crippen LogP contribution in [-0.2, 0) is 22.7 Å². The number of halogens is 1. The van der Waals surface area contributed by atoms with Crippen LogP contribution in [0.3, 0.4) is 0 Å². The number of aliphatic carboxylic acids is 1. The lowest BCUT2D eigenvalue weighted by molar-refractivity contribution is -0.137. The van der Waals surface area contributed by atoms with Crippen LogP contribution in [0, 0.1) is 11.7 Å². The van der Waals surface area contributed by atoms with Crippen molar-refractivity contribution in [1.29, 1.82) is 0 Å². The molecule has 0 aromatic heterocycles. The Kier molecular flexibility index (Phi) is 8.60. The predicted molar refractivity (Wildman–Crippen MR) is 137 cm³/mol. The van der Waals surface area contributed by atoms with E-state index in [4.69, 9.17) is 14.2 Å². The third-order valence-corrected chi connectivity index (χ3v) is 6.57. The Balaban J connectivity index is 1.52. The van der Waals surface area contributed by atoms with Crippen molar-refractivity contribution in [2.24, 2.45) is 5.92 Å². The van der Waals surface area contributed by atoms with Gasteiger partial charge in [0.25, 0.3) is 0 Å². The van der Waals surface area contributed by atoms with Crippen LogP contribution in [0.5, 0.6) is 11.5 Å². The highest BCUT2D eigenvalue weighted by Crippen LogP contribution is 2.40. The van der Waals surface area contributed by atoms with Crippen molar-refractivity contribution >= 4 is 5.97 Å².